The van der Waals surface area contributed by atoms with Crippen molar-refractivity contribution in [2.24, 2.45) is 0 Å². The summed E-state index contributed by atoms with van der Waals surface area (Å²) in [5.41, 5.74) is 6.01. The Bertz CT molecular complexity index is 937. The molecule has 2 aromatic rings. The van der Waals surface area contributed by atoms with Crippen LogP contribution in [-0.4, -0.2) is 19.1 Å². The molecule has 4 nitrogen and oxygen atoms in total. The molecule has 1 atom stereocenters. The Morgan fingerprint density at radius 2 is 1.90 bits per heavy atom. The second-order valence-electron chi connectivity index (χ2n) is 7.56. The van der Waals surface area contributed by atoms with E-state index in [1.54, 1.807) is 6.92 Å². The van der Waals surface area contributed by atoms with Crippen molar-refractivity contribution in [2.45, 2.75) is 44.8 Å². The number of halogens is 4. The number of rotatable bonds is 4. The number of amides is 1. The number of hydrogen-bond donors (Lipinski definition) is 2. The second kappa shape index (κ2) is 8.63. The number of benzene rings is 2. The molecule has 0 aliphatic carbocycles. The summed E-state index contributed by atoms with van der Waals surface area (Å²) in [6, 6.07) is 5.73. The van der Waals surface area contributed by atoms with Crippen molar-refractivity contribution in [3.63, 3.8) is 0 Å². The highest BCUT2D eigenvalue weighted by Gasteiger charge is 2.33. The smallest absolute Gasteiger partial charge is 0.398 e. The molecule has 3 rings (SSSR count). The predicted molar refractivity (Wildman–Crippen MR) is 106 cm³/mol. The number of carbonyl (C=O) groups excluding carboxylic acids is 1. The number of hydrogen-bond acceptors (Lipinski definition) is 3. The molecule has 0 aromatic heterocycles. The van der Waals surface area contributed by atoms with E-state index in [1.165, 1.54) is 25.1 Å². The van der Waals surface area contributed by atoms with Gasteiger partial charge in [0.1, 0.15) is 5.82 Å². The third-order valence-electron chi connectivity index (χ3n) is 5.57. The molecular formula is C22H24F4N2O2. The van der Waals surface area contributed by atoms with Gasteiger partial charge in [-0.3, -0.25) is 4.79 Å². The molecule has 1 saturated heterocycles. The zero-order chi connectivity index (χ0) is 22.1. The van der Waals surface area contributed by atoms with Crippen LogP contribution in [0.2, 0.25) is 0 Å². The molecule has 0 saturated carbocycles. The largest absolute Gasteiger partial charge is 0.416 e. The lowest BCUT2D eigenvalue weighted by Gasteiger charge is -2.24. The molecule has 0 unspecified atom stereocenters. The van der Waals surface area contributed by atoms with E-state index in [4.69, 9.17) is 10.5 Å². The van der Waals surface area contributed by atoms with Gasteiger partial charge < -0.3 is 15.8 Å². The molecule has 0 bridgehead atoms. The van der Waals surface area contributed by atoms with Gasteiger partial charge in [-0.15, -0.1) is 0 Å². The highest BCUT2D eigenvalue weighted by Crippen LogP contribution is 2.35. The van der Waals surface area contributed by atoms with Crippen molar-refractivity contribution in [1.82, 2.24) is 5.32 Å². The summed E-state index contributed by atoms with van der Waals surface area (Å²) in [4.78, 5) is 12.8. The Morgan fingerprint density at radius 1 is 1.23 bits per heavy atom. The summed E-state index contributed by atoms with van der Waals surface area (Å²) in [6.45, 7) is 4.00. The monoisotopic (exact) mass is 424 g/mol. The zero-order valence-corrected chi connectivity index (χ0v) is 16.8. The molecule has 1 aliphatic heterocycles. The Kier molecular flexibility index (Phi) is 6.36. The number of nitrogens with one attached hydrogen (secondary N) is 1. The van der Waals surface area contributed by atoms with Crippen LogP contribution in [0.25, 0.3) is 0 Å². The molecule has 8 heteroatoms. The molecule has 1 amide bonds. The molecule has 30 heavy (non-hydrogen) atoms. The van der Waals surface area contributed by atoms with Crippen LogP contribution in [0.3, 0.4) is 0 Å². The zero-order valence-electron chi connectivity index (χ0n) is 16.8. The van der Waals surface area contributed by atoms with Crippen molar-refractivity contribution in [1.29, 1.82) is 0 Å². The van der Waals surface area contributed by atoms with Crippen molar-refractivity contribution >= 4 is 11.6 Å². The highest BCUT2D eigenvalue weighted by molar-refractivity contribution is 5.99. The maximum Gasteiger partial charge on any atom is 0.416 e. The fourth-order valence-corrected chi connectivity index (χ4v) is 3.91. The average Bonchev–Trinajstić information content (AvgIpc) is 2.67. The minimum Gasteiger partial charge on any atom is -0.398 e. The SMILES string of the molecule is Cc1c([C@@H](C)NC(=O)c2cc(C3CCOCC3)c(F)cc2N)cccc1C(F)(F)F. The molecule has 2 aromatic carbocycles. The Morgan fingerprint density at radius 3 is 2.53 bits per heavy atom. The topological polar surface area (TPSA) is 64.3 Å². The van der Waals surface area contributed by atoms with Gasteiger partial charge in [0.25, 0.3) is 5.91 Å². The van der Waals surface area contributed by atoms with E-state index in [2.05, 4.69) is 5.32 Å². The highest BCUT2D eigenvalue weighted by atomic mass is 19.4. The third kappa shape index (κ3) is 4.59. The van der Waals surface area contributed by atoms with Crippen molar-refractivity contribution in [3.8, 4) is 0 Å². The van der Waals surface area contributed by atoms with Crippen LogP contribution >= 0.6 is 0 Å². The fraction of sp³-hybridized carbons (Fsp3) is 0.409. The fourth-order valence-electron chi connectivity index (χ4n) is 3.91. The molecular weight excluding hydrogens is 400 g/mol. The summed E-state index contributed by atoms with van der Waals surface area (Å²) >= 11 is 0. The first-order valence-corrected chi connectivity index (χ1v) is 9.73. The van der Waals surface area contributed by atoms with Crippen LogP contribution in [0.4, 0.5) is 23.2 Å². The number of anilines is 1. The summed E-state index contributed by atoms with van der Waals surface area (Å²) in [5.74, 6) is -1.11. The first kappa shape index (κ1) is 22.1. The first-order valence-electron chi connectivity index (χ1n) is 9.73. The lowest BCUT2D eigenvalue weighted by atomic mass is 9.89. The summed E-state index contributed by atoms with van der Waals surface area (Å²) in [6.07, 6.45) is -3.20. The van der Waals surface area contributed by atoms with Gasteiger partial charge in [-0.1, -0.05) is 12.1 Å². The number of ether oxygens (including phenoxy) is 1. The van der Waals surface area contributed by atoms with Gasteiger partial charge in [0.05, 0.1) is 17.2 Å². The summed E-state index contributed by atoms with van der Waals surface area (Å²) in [5, 5.41) is 2.69. The van der Waals surface area contributed by atoms with Gasteiger partial charge in [0.15, 0.2) is 0 Å². The first-order chi connectivity index (χ1) is 14.1. The molecule has 1 aliphatic rings. The van der Waals surface area contributed by atoms with Crippen LogP contribution in [0, 0.1) is 12.7 Å². The predicted octanol–water partition coefficient (Wildman–Crippen LogP) is 5.12. The minimum atomic E-state index is -4.48. The number of alkyl halides is 3. The maximum absolute atomic E-state index is 14.5. The van der Waals surface area contributed by atoms with E-state index in [0.29, 0.717) is 37.2 Å². The second-order valence-corrected chi connectivity index (χ2v) is 7.56. The van der Waals surface area contributed by atoms with E-state index < -0.39 is 29.5 Å². The standard InChI is InChI=1S/C22H24F4N2O2/c1-12-15(4-3-5-18(12)22(24,25)26)13(2)28-21(29)17-10-16(19(23)11-20(17)27)14-6-8-30-9-7-14/h3-5,10-11,13-14H,6-9,27H2,1-2H3,(H,28,29)/t13-/m1/s1. The van der Waals surface area contributed by atoms with E-state index in [0.717, 1.165) is 12.1 Å². The van der Waals surface area contributed by atoms with Gasteiger partial charge in [-0.2, -0.15) is 13.2 Å². The molecule has 1 fully saturated rings. The van der Waals surface area contributed by atoms with Gasteiger partial charge in [-0.05, 0) is 67.5 Å². The summed E-state index contributed by atoms with van der Waals surface area (Å²) < 4.78 is 59.3. The van der Waals surface area contributed by atoms with Crippen LogP contribution in [0.1, 0.15) is 64.3 Å². The van der Waals surface area contributed by atoms with Crippen molar-refractivity contribution < 1.29 is 27.1 Å². The lowest BCUT2D eigenvalue weighted by molar-refractivity contribution is -0.138. The minimum absolute atomic E-state index is 0.0197. The quantitative estimate of drug-likeness (QED) is 0.529. The van der Waals surface area contributed by atoms with Gasteiger partial charge in [-0.25, -0.2) is 4.39 Å². The van der Waals surface area contributed by atoms with Crippen molar-refractivity contribution in [2.75, 3.05) is 18.9 Å². The Labute approximate surface area is 172 Å². The van der Waals surface area contributed by atoms with Gasteiger partial charge >= 0.3 is 6.18 Å². The summed E-state index contributed by atoms with van der Waals surface area (Å²) in [7, 11) is 0. The van der Waals surface area contributed by atoms with Gasteiger partial charge in [0.2, 0.25) is 0 Å². The number of carbonyl (C=O) groups is 1. The molecule has 1 heterocycles. The third-order valence-corrected chi connectivity index (χ3v) is 5.57. The molecule has 0 spiro atoms. The molecule has 162 valence electrons. The van der Waals surface area contributed by atoms with Crippen LogP contribution in [0.5, 0.6) is 0 Å². The van der Waals surface area contributed by atoms with Crippen LogP contribution < -0.4 is 11.1 Å². The molecule has 0 radical (unpaired) electrons. The maximum atomic E-state index is 14.5. The van der Waals surface area contributed by atoms with E-state index in [-0.39, 0.29) is 22.7 Å². The number of nitrogens with two attached hydrogens (primary N) is 1. The number of nitrogen functional groups attached to an aromatic ring is 1. The normalized spacial score (nSPS) is 16.3. The molecule has 3 N–H and O–H groups in total. The van der Waals surface area contributed by atoms with Gasteiger partial charge in [0, 0.05) is 18.9 Å². The Hall–Kier alpha value is -2.61. The van der Waals surface area contributed by atoms with E-state index in [1.807, 2.05) is 0 Å². The average molecular weight is 424 g/mol. The lowest BCUT2D eigenvalue weighted by Crippen LogP contribution is -2.28. The van der Waals surface area contributed by atoms with Crippen LogP contribution in [0.15, 0.2) is 30.3 Å². The Balaban J connectivity index is 1.86. The van der Waals surface area contributed by atoms with Crippen LogP contribution in [-0.2, 0) is 10.9 Å². The van der Waals surface area contributed by atoms with E-state index >= 15 is 0 Å². The van der Waals surface area contributed by atoms with E-state index in [9.17, 15) is 22.4 Å². The van der Waals surface area contributed by atoms with Crippen molar-refractivity contribution in [3.05, 3.63) is 64.0 Å².